The van der Waals surface area contributed by atoms with E-state index in [9.17, 15) is 31.7 Å². The van der Waals surface area contributed by atoms with Gasteiger partial charge in [0.05, 0.1) is 23.7 Å². The number of rotatable bonds is 8. The molecule has 1 amide bonds. The van der Waals surface area contributed by atoms with Crippen molar-refractivity contribution in [3.05, 3.63) is 47.5 Å². The molecule has 0 spiro atoms. The van der Waals surface area contributed by atoms with Crippen molar-refractivity contribution in [2.45, 2.75) is 83.9 Å². The van der Waals surface area contributed by atoms with Gasteiger partial charge < -0.3 is 43.8 Å². The quantitative estimate of drug-likeness (QED) is 0.329. The van der Waals surface area contributed by atoms with Gasteiger partial charge in [-0.05, 0) is 93.0 Å². The van der Waals surface area contributed by atoms with E-state index in [-0.39, 0.29) is 49.6 Å². The van der Waals surface area contributed by atoms with Crippen LogP contribution in [0.4, 0.5) is 4.79 Å². The number of carbonyl (C=O) groups is 1. The first-order valence-corrected chi connectivity index (χ1v) is 21.3. The predicted octanol–water partition coefficient (Wildman–Crippen LogP) is 1.95. The molecule has 0 aliphatic carbocycles. The maximum atomic E-state index is 12.2. The van der Waals surface area contributed by atoms with Gasteiger partial charge in [0.1, 0.15) is 49.0 Å². The lowest BCUT2D eigenvalue weighted by molar-refractivity contribution is 0.0126. The van der Waals surface area contributed by atoms with Crippen molar-refractivity contribution < 1.29 is 55.2 Å². The van der Waals surface area contributed by atoms with Crippen LogP contribution in [0.5, 0.6) is 11.5 Å². The topological polar surface area (TPSA) is 187 Å². The van der Waals surface area contributed by atoms with Crippen molar-refractivity contribution in [1.29, 1.82) is 0 Å². The number of ether oxygens (including phenoxy) is 3. The van der Waals surface area contributed by atoms with Gasteiger partial charge in [0.25, 0.3) is 0 Å². The second kappa shape index (κ2) is 18.4. The second-order valence-corrected chi connectivity index (χ2v) is 18.9. The number of fused-ring (bicyclic) bond motifs is 2. The first kappa shape index (κ1) is 44.8. The number of sulfone groups is 2. The van der Waals surface area contributed by atoms with Gasteiger partial charge in [0.15, 0.2) is 0 Å². The number of piperidine rings is 2. The molecule has 2 atom stereocenters. The van der Waals surface area contributed by atoms with Crippen LogP contribution in [-0.4, -0.2) is 120 Å². The van der Waals surface area contributed by atoms with E-state index in [4.69, 9.17) is 23.5 Å². The Balaban J connectivity index is 0.000000284. The number of amides is 1. The molecule has 2 unspecified atom stereocenters. The van der Waals surface area contributed by atoms with E-state index in [2.05, 4.69) is 5.32 Å². The minimum absolute atomic E-state index is 0. The van der Waals surface area contributed by atoms with E-state index in [0.29, 0.717) is 53.9 Å². The average molecular weight is 803 g/mol. The van der Waals surface area contributed by atoms with E-state index in [1.54, 1.807) is 35.2 Å². The third-order valence-electron chi connectivity index (χ3n) is 8.82. The molecule has 53 heavy (non-hydrogen) atoms. The monoisotopic (exact) mass is 802 g/mol. The van der Waals surface area contributed by atoms with Gasteiger partial charge in [0.2, 0.25) is 0 Å². The van der Waals surface area contributed by atoms with Gasteiger partial charge >= 0.3 is 20.3 Å². The Morgan fingerprint density at radius 2 is 1.23 bits per heavy atom. The minimum Gasteiger partial charge on any atom is -0.490 e. The Labute approximate surface area is 320 Å². The fourth-order valence-corrected chi connectivity index (χ4v) is 8.08. The van der Waals surface area contributed by atoms with Crippen LogP contribution in [-0.2, 0) is 33.7 Å². The molecular formula is C34H53B2ClN2O12S2. The Hall–Kier alpha value is -2.57. The van der Waals surface area contributed by atoms with Gasteiger partial charge in [-0.3, -0.25) is 0 Å². The number of carbonyl (C=O) groups excluding carboxylic acids is 1. The molecule has 0 bridgehead atoms. The minimum atomic E-state index is -3.24. The summed E-state index contributed by atoms with van der Waals surface area (Å²) in [5, 5.41) is 23.4. The van der Waals surface area contributed by atoms with E-state index in [0.717, 1.165) is 44.0 Å². The highest BCUT2D eigenvalue weighted by molar-refractivity contribution is 7.90. The smallest absolute Gasteiger partial charge is 0.490 e. The highest BCUT2D eigenvalue weighted by atomic mass is 35.5. The summed E-state index contributed by atoms with van der Waals surface area (Å²) in [6, 6.07) is 10.6. The Bertz CT molecular complexity index is 1770. The Morgan fingerprint density at radius 1 is 0.811 bits per heavy atom. The van der Waals surface area contributed by atoms with E-state index < -0.39 is 51.7 Å². The summed E-state index contributed by atoms with van der Waals surface area (Å²) in [6.07, 6.45) is 4.05. The fraction of sp³-hybridized carbons (Fsp3) is 0.618. The van der Waals surface area contributed by atoms with Crippen LogP contribution >= 0.6 is 12.4 Å². The Kier molecular flexibility index (Phi) is 15.5. The SMILES string of the molecule is C.CC(C)(C)OC(=O)N1CCC(Oc2ccc3c(c2)B(O)OC3CS(C)(=O)=O)CC1.CS(=O)(=O)CC1OB(O)c2cc(OC3CCNCC3)ccc21.Cl. The van der Waals surface area contributed by atoms with Gasteiger partial charge in [-0.2, -0.15) is 0 Å². The van der Waals surface area contributed by atoms with Crippen LogP contribution in [0.1, 0.15) is 77.2 Å². The number of nitrogens with zero attached hydrogens (tertiary/aromatic N) is 1. The first-order chi connectivity index (χ1) is 23.8. The number of hydrogen-bond donors (Lipinski definition) is 3. The third-order valence-corrected chi connectivity index (χ3v) is 10.6. The number of halogens is 1. The van der Waals surface area contributed by atoms with Crippen LogP contribution in [0.2, 0.25) is 0 Å². The summed E-state index contributed by atoms with van der Waals surface area (Å²) in [4.78, 5) is 13.8. The van der Waals surface area contributed by atoms with Crippen molar-refractivity contribution in [2.75, 3.05) is 50.2 Å². The molecule has 19 heteroatoms. The lowest BCUT2D eigenvalue weighted by Crippen LogP contribution is -2.44. The lowest BCUT2D eigenvalue weighted by Gasteiger charge is -2.33. The molecule has 0 aromatic heterocycles. The molecular weight excluding hydrogens is 750 g/mol. The number of likely N-dealkylation sites (tertiary alicyclic amines) is 1. The zero-order chi connectivity index (χ0) is 37.1. The summed E-state index contributed by atoms with van der Waals surface area (Å²) in [7, 11) is -8.69. The van der Waals surface area contributed by atoms with E-state index in [1.165, 1.54) is 0 Å². The highest BCUT2D eigenvalue weighted by Crippen LogP contribution is 2.30. The molecule has 4 aliphatic rings. The van der Waals surface area contributed by atoms with Gasteiger partial charge in [-0.25, -0.2) is 21.6 Å². The maximum Gasteiger partial charge on any atom is 0.492 e. The van der Waals surface area contributed by atoms with Crippen LogP contribution in [0.25, 0.3) is 0 Å². The summed E-state index contributed by atoms with van der Waals surface area (Å²) in [5.41, 5.74) is 1.99. The molecule has 0 saturated carbocycles. The van der Waals surface area contributed by atoms with Crippen molar-refractivity contribution in [3.8, 4) is 11.5 Å². The van der Waals surface area contributed by atoms with Gasteiger partial charge in [0, 0.05) is 38.4 Å². The molecule has 3 N–H and O–H groups in total. The molecule has 14 nitrogen and oxygen atoms in total. The molecule has 2 aromatic carbocycles. The highest BCUT2D eigenvalue weighted by Gasteiger charge is 2.38. The standard InChI is InChI=1S/C19H28BNO7S.C14H20BNO5S.CH4.ClH/c1-19(2,3)27-18(22)21-9-7-13(8-10-21)26-14-5-6-15-16(11-14)20(23)28-17(15)12-29(4,24)25;1-22(18,19)9-14-12-3-2-11(8-13(12)15(17)21-14)20-10-4-6-16-7-5-10;;/h5-6,11,13,17,23H,7-10,12H2,1-4H3;2-3,8,10,14,16-17H,4-7,9H2,1H3;1H4;1H. The molecule has 0 radical (unpaired) electrons. The van der Waals surface area contributed by atoms with Crippen LogP contribution in [0, 0.1) is 0 Å². The first-order valence-electron chi connectivity index (χ1n) is 17.2. The summed E-state index contributed by atoms with van der Waals surface area (Å²) in [5.74, 6) is 0.960. The lowest BCUT2D eigenvalue weighted by atomic mass is 9.79. The van der Waals surface area contributed by atoms with Crippen LogP contribution < -0.4 is 25.7 Å². The molecule has 296 valence electrons. The molecule has 2 aromatic rings. The number of nitrogens with one attached hydrogen (secondary N) is 1. The van der Waals surface area contributed by atoms with Crippen molar-refractivity contribution in [2.24, 2.45) is 0 Å². The van der Waals surface area contributed by atoms with Crippen LogP contribution in [0.15, 0.2) is 36.4 Å². The number of benzene rings is 2. The molecule has 6 rings (SSSR count). The van der Waals surface area contributed by atoms with E-state index in [1.807, 2.05) is 26.8 Å². The normalized spacial score (nSPS) is 20.6. The van der Waals surface area contributed by atoms with E-state index >= 15 is 0 Å². The zero-order valence-corrected chi connectivity index (χ0v) is 32.6. The van der Waals surface area contributed by atoms with Crippen LogP contribution in [0.3, 0.4) is 0 Å². The molecule has 2 saturated heterocycles. The van der Waals surface area contributed by atoms with Crippen molar-refractivity contribution in [1.82, 2.24) is 10.2 Å². The number of hydrogen-bond acceptors (Lipinski definition) is 13. The predicted molar refractivity (Wildman–Crippen MR) is 207 cm³/mol. The second-order valence-electron chi connectivity index (χ2n) is 14.6. The largest absolute Gasteiger partial charge is 0.492 e. The van der Waals surface area contributed by atoms with Crippen molar-refractivity contribution >= 4 is 63.3 Å². The van der Waals surface area contributed by atoms with Gasteiger partial charge in [-0.15, -0.1) is 12.4 Å². The summed E-state index contributed by atoms with van der Waals surface area (Å²) < 4.78 is 74.1. The summed E-state index contributed by atoms with van der Waals surface area (Å²) >= 11 is 0. The third kappa shape index (κ3) is 13.0. The summed E-state index contributed by atoms with van der Waals surface area (Å²) in [6.45, 7) is 8.50. The zero-order valence-electron chi connectivity index (χ0n) is 30.1. The van der Waals surface area contributed by atoms with Gasteiger partial charge in [-0.1, -0.05) is 19.6 Å². The Morgan fingerprint density at radius 3 is 1.62 bits per heavy atom. The van der Waals surface area contributed by atoms with Crippen molar-refractivity contribution in [3.63, 3.8) is 0 Å². The molecule has 2 fully saturated rings. The maximum absolute atomic E-state index is 12.2. The average Bonchev–Trinajstić information content (AvgIpc) is 3.49. The fourth-order valence-electron chi connectivity index (χ4n) is 6.46. The molecule has 4 aliphatic heterocycles. The molecule has 4 heterocycles.